The summed E-state index contributed by atoms with van der Waals surface area (Å²) in [6.07, 6.45) is 3.74. The van der Waals surface area contributed by atoms with Gasteiger partial charge in [-0.2, -0.15) is 0 Å². The highest BCUT2D eigenvalue weighted by Gasteiger charge is 2.22. The van der Waals surface area contributed by atoms with Gasteiger partial charge in [0.1, 0.15) is 11.5 Å². The molecule has 9 heteroatoms. The van der Waals surface area contributed by atoms with E-state index in [0.717, 1.165) is 46.6 Å². The molecule has 3 aromatic heterocycles. The number of hydrogen-bond acceptors (Lipinski definition) is 6. The summed E-state index contributed by atoms with van der Waals surface area (Å²) < 4.78 is 16.4. The Bertz CT molecular complexity index is 1440. The predicted octanol–water partition coefficient (Wildman–Crippen LogP) is 3.67. The van der Waals surface area contributed by atoms with Crippen LogP contribution in [0, 0.1) is 5.82 Å². The number of aliphatic imine (C=N–C) groups is 1. The van der Waals surface area contributed by atoms with Crippen LogP contribution < -0.4 is 5.32 Å². The minimum atomic E-state index is -0.364. The third-order valence-electron chi connectivity index (χ3n) is 5.70. The Morgan fingerprint density at radius 2 is 2.03 bits per heavy atom. The highest BCUT2D eigenvalue weighted by molar-refractivity contribution is 6.35. The lowest BCUT2D eigenvalue weighted by atomic mass is 9.99. The first-order valence-corrected chi connectivity index (χ1v) is 10.7. The molecule has 0 fully saturated rings. The van der Waals surface area contributed by atoms with Crippen molar-refractivity contribution < 1.29 is 4.39 Å². The van der Waals surface area contributed by atoms with Crippen molar-refractivity contribution >= 4 is 33.9 Å². The fourth-order valence-electron chi connectivity index (χ4n) is 4.13. The molecule has 7 nitrogen and oxygen atoms in total. The molecule has 6 rings (SSSR count). The normalized spacial score (nSPS) is 15.6. The molecule has 0 spiro atoms. The molecule has 0 bridgehead atoms. The van der Waals surface area contributed by atoms with Crippen LogP contribution >= 0.6 is 11.6 Å². The summed E-state index contributed by atoms with van der Waals surface area (Å²) in [4.78, 5) is 13.9. The topological polar surface area (TPSA) is 80.9 Å². The number of pyridine rings is 2. The number of hydrogen-bond donors (Lipinski definition) is 1. The Morgan fingerprint density at radius 3 is 2.97 bits per heavy atom. The standard InChI is InChI=1S/C23H17ClFN7/c24-14-1-2-17(25)16(10-14)23-15(5-6-27-23)18-3-4-19-20(29-18)9-13(11-28-19)22-21-12-26-7-8-32(21)31-30-22/h1-5,9-11,26H,6-8,12H2. The molecule has 2 aliphatic rings. The Kier molecular flexibility index (Phi) is 4.55. The van der Waals surface area contributed by atoms with Crippen LogP contribution in [0.4, 0.5) is 4.39 Å². The first-order chi connectivity index (χ1) is 15.7. The molecule has 0 atom stereocenters. The van der Waals surface area contributed by atoms with Gasteiger partial charge in [-0.3, -0.25) is 9.98 Å². The number of fused-ring (bicyclic) bond motifs is 2. The van der Waals surface area contributed by atoms with Gasteiger partial charge < -0.3 is 5.32 Å². The van der Waals surface area contributed by atoms with E-state index in [9.17, 15) is 4.39 Å². The summed E-state index contributed by atoms with van der Waals surface area (Å²) in [5.41, 5.74) is 6.62. The molecule has 2 aliphatic heterocycles. The average Bonchev–Trinajstić information content (AvgIpc) is 3.47. The van der Waals surface area contributed by atoms with Gasteiger partial charge in [-0.05, 0) is 36.4 Å². The summed E-state index contributed by atoms with van der Waals surface area (Å²) in [5, 5.41) is 12.4. The maximum Gasteiger partial charge on any atom is 0.132 e. The summed E-state index contributed by atoms with van der Waals surface area (Å²) in [6.45, 7) is 2.85. The van der Waals surface area contributed by atoms with Crippen molar-refractivity contribution in [2.24, 2.45) is 4.99 Å². The second kappa shape index (κ2) is 7.58. The minimum Gasteiger partial charge on any atom is -0.309 e. The molecule has 1 N–H and O–H groups in total. The van der Waals surface area contributed by atoms with Gasteiger partial charge in [0.15, 0.2) is 0 Å². The Balaban J connectivity index is 1.41. The second-order valence-corrected chi connectivity index (χ2v) is 8.11. The van der Waals surface area contributed by atoms with Gasteiger partial charge in [-0.25, -0.2) is 14.1 Å². The van der Waals surface area contributed by atoms with Crippen molar-refractivity contribution in [2.45, 2.75) is 13.1 Å². The van der Waals surface area contributed by atoms with E-state index in [1.807, 2.05) is 29.0 Å². The van der Waals surface area contributed by atoms with Crippen LogP contribution in [0.3, 0.4) is 0 Å². The quantitative estimate of drug-likeness (QED) is 0.520. The van der Waals surface area contributed by atoms with Crippen molar-refractivity contribution in [3.05, 3.63) is 76.5 Å². The molecule has 0 unspecified atom stereocenters. The van der Waals surface area contributed by atoms with Crippen molar-refractivity contribution in [1.82, 2.24) is 30.3 Å². The second-order valence-electron chi connectivity index (χ2n) is 7.67. The van der Waals surface area contributed by atoms with Crippen molar-refractivity contribution in [2.75, 3.05) is 13.1 Å². The van der Waals surface area contributed by atoms with E-state index in [0.29, 0.717) is 35.1 Å². The minimum absolute atomic E-state index is 0.364. The van der Waals surface area contributed by atoms with Gasteiger partial charge in [0, 0.05) is 41.0 Å². The lowest BCUT2D eigenvalue weighted by Crippen LogP contribution is -2.28. The van der Waals surface area contributed by atoms with Crippen LogP contribution in [-0.4, -0.2) is 43.8 Å². The number of aromatic nitrogens is 5. The molecule has 32 heavy (non-hydrogen) atoms. The third-order valence-corrected chi connectivity index (χ3v) is 5.94. The maximum absolute atomic E-state index is 14.5. The van der Waals surface area contributed by atoms with Crippen molar-refractivity contribution in [3.63, 3.8) is 0 Å². The number of benzene rings is 1. The lowest BCUT2D eigenvalue weighted by Gasteiger charge is -2.14. The van der Waals surface area contributed by atoms with Crippen LogP contribution in [0.2, 0.25) is 5.02 Å². The van der Waals surface area contributed by atoms with E-state index in [4.69, 9.17) is 16.6 Å². The van der Waals surface area contributed by atoms with Crippen LogP contribution in [0.25, 0.3) is 27.9 Å². The van der Waals surface area contributed by atoms with Crippen LogP contribution in [0.5, 0.6) is 0 Å². The van der Waals surface area contributed by atoms with Crippen molar-refractivity contribution in [3.8, 4) is 11.3 Å². The number of nitrogens with one attached hydrogen (secondary N) is 1. The van der Waals surface area contributed by atoms with E-state index in [2.05, 4.69) is 25.6 Å². The van der Waals surface area contributed by atoms with Crippen molar-refractivity contribution in [1.29, 1.82) is 0 Å². The summed E-state index contributed by atoms with van der Waals surface area (Å²) in [7, 11) is 0. The average molecular weight is 446 g/mol. The fraction of sp³-hybridized carbons (Fsp3) is 0.174. The maximum atomic E-state index is 14.5. The van der Waals surface area contributed by atoms with E-state index in [1.54, 1.807) is 12.3 Å². The van der Waals surface area contributed by atoms with E-state index < -0.39 is 0 Å². The van der Waals surface area contributed by atoms with Gasteiger partial charge in [0.2, 0.25) is 0 Å². The van der Waals surface area contributed by atoms with Crippen LogP contribution in [0.1, 0.15) is 17.0 Å². The first-order valence-electron chi connectivity index (χ1n) is 10.3. The van der Waals surface area contributed by atoms with Gasteiger partial charge in [0.05, 0.1) is 41.2 Å². The SMILES string of the molecule is Fc1ccc(Cl)cc1C1=NCC=C1c1ccc2ncc(-c3nnn4c3CNCC4)cc2n1. The first kappa shape index (κ1) is 19.2. The van der Waals surface area contributed by atoms with Gasteiger partial charge in [0.25, 0.3) is 0 Å². The Labute approximate surface area is 187 Å². The molecule has 4 aromatic rings. The number of halogens is 2. The number of rotatable bonds is 3. The zero-order valence-corrected chi connectivity index (χ0v) is 17.6. The van der Waals surface area contributed by atoms with Crippen LogP contribution in [-0.2, 0) is 13.1 Å². The van der Waals surface area contributed by atoms with E-state index in [1.165, 1.54) is 12.1 Å². The number of nitrogens with zero attached hydrogens (tertiary/aromatic N) is 6. The Morgan fingerprint density at radius 1 is 1.09 bits per heavy atom. The summed E-state index contributed by atoms with van der Waals surface area (Å²) in [6, 6.07) is 10.2. The molecule has 0 amide bonds. The summed E-state index contributed by atoms with van der Waals surface area (Å²) in [5.74, 6) is -0.364. The van der Waals surface area contributed by atoms with E-state index in [-0.39, 0.29) is 5.82 Å². The lowest BCUT2D eigenvalue weighted by molar-refractivity contribution is 0.468. The van der Waals surface area contributed by atoms with Gasteiger partial charge in [-0.1, -0.05) is 22.9 Å². The monoisotopic (exact) mass is 445 g/mol. The molecule has 158 valence electrons. The van der Waals surface area contributed by atoms with E-state index >= 15 is 0 Å². The third kappa shape index (κ3) is 3.19. The molecule has 0 radical (unpaired) electrons. The molecule has 1 aromatic carbocycles. The van der Waals surface area contributed by atoms with Gasteiger partial charge >= 0.3 is 0 Å². The van der Waals surface area contributed by atoms with Crippen LogP contribution in [0.15, 0.2) is 53.7 Å². The zero-order valence-electron chi connectivity index (χ0n) is 16.9. The molecule has 0 saturated carbocycles. The fourth-order valence-corrected chi connectivity index (χ4v) is 4.31. The smallest absolute Gasteiger partial charge is 0.132 e. The highest BCUT2D eigenvalue weighted by atomic mass is 35.5. The summed E-state index contributed by atoms with van der Waals surface area (Å²) >= 11 is 6.10. The highest BCUT2D eigenvalue weighted by Crippen LogP contribution is 2.29. The zero-order chi connectivity index (χ0) is 21.7. The molecular formula is C23H17ClFN7. The molecule has 0 saturated heterocycles. The largest absolute Gasteiger partial charge is 0.309 e. The Hall–Kier alpha value is -3.49. The predicted molar refractivity (Wildman–Crippen MR) is 121 cm³/mol. The molecule has 5 heterocycles. The number of allylic oxidation sites excluding steroid dienone is 1. The molecular weight excluding hydrogens is 429 g/mol. The molecule has 0 aliphatic carbocycles. The van der Waals surface area contributed by atoms with Gasteiger partial charge in [-0.15, -0.1) is 5.10 Å².